The van der Waals surface area contributed by atoms with Gasteiger partial charge in [0, 0.05) is 6.04 Å². The second-order valence-electron chi connectivity index (χ2n) is 2.71. The summed E-state index contributed by atoms with van der Waals surface area (Å²) in [5.41, 5.74) is 0. The predicted molar refractivity (Wildman–Crippen MR) is 44.1 cm³/mol. The molecule has 0 spiro atoms. The molecular formula is C8H19NO. The maximum absolute atomic E-state index is 9.18. The van der Waals surface area contributed by atoms with Gasteiger partial charge in [0.2, 0.25) is 0 Å². The van der Waals surface area contributed by atoms with Crippen molar-refractivity contribution in [1.82, 2.24) is 5.32 Å². The molecule has 0 amide bonds. The van der Waals surface area contributed by atoms with E-state index in [4.69, 9.17) is 0 Å². The number of aliphatic hydroxyl groups excluding tert-OH is 1. The molecule has 0 saturated heterocycles. The Bertz CT molecular complexity index is 73.7. The Morgan fingerprint density at radius 2 is 2.00 bits per heavy atom. The third-order valence-electron chi connectivity index (χ3n) is 1.68. The van der Waals surface area contributed by atoms with Gasteiger partial charge in [-0.1, -0.05) is 13.8 Å². The molecule has 2 atom stereocenters. The van der Waals surface area contributed by atoms with Crippen LogP contribution in [0.25, 0.3) is 0 Å². The Labute approximate surface area is 63.6 Å². The molecule has 0 aliphatic heterocycles. The van der Waals surface area contributed by atoms with E-state index in [2.05, 4.69) is 19.2 Å². The fraction of sp³-hybridized carbons (Fsp3) is 1.00. The van der Waals surface area contributed by atoms with Gasteiger partial charge in [-0.05, 0) is 26.3 Å². The first-order valence-electron chi connectivity index (χ1n) is 4.13. The van der Waals surface area contributed by atoms with Gasteiger partial charge in [0.25, 0.3) is 0 Å². The molecule has 0 aliphatic carbocycles. The van der Waals surface area contributed by atoms with Crippen molar-refractivity contribution >= 4 is 0 Å². The van der Waals surface area contributed by atoms with Crippen molar-refractivity contribution in [2.45, 2.75) is 45.8 Å². The van der Waals surface area contributed by atoms with E-state index in [1.807, 2.05) is 6.92 Å². The lowest BCUT2D eigenvalue weighted by atomic mass is 10.1. The van der Waals surface area contributed by atoms with E-state index >= 15 is 0 Å². The maximum atomic E-state index is 9.18. The van der Waals surface area contributed by atoms with Crippen LogP contribution in [0.1, 0.15) is 33.6 Å². The summed E-state index contributed by atoms with van der Waals surface area (Å²) in [7, 11) is 0. The van der Waals surface area contributed by atoms with Crippen molar-refractivity contribution in [1.29, 1.82) is 0 Å². The van der Waals surface area contributed by atoms with Gasteiger partial charge >= 0.3 is 0 Å². The van der Waals surface area contributed by atoms with E-state index < -0.39 is 0 Å². The number of rotatable bonds is 5. The molecule has 2 nitrogen and oxygen atoms in total. The van der Waals surface area contributed by atoms with Crippen molar-refractivity contribution in [3.63, 3.8) is 0 Å². The highest BCUT2D eigenvalue weighted by Crippen LogP contribution is 1.96. The molecule has 10 heavy (non-hydrogen) atoms. The predicted octanol–water partition coefficient (Wildman–Crippen LogP) is 1.15. The number of hydrogen-bond donors (Lipinski definition) is 2. The monoisotopic (exact) mass is 145 g/mol. The average molecular weight is 145 g/mol. The van der Waals surface area contributed by atoms with Crippen molar-refractivity contribution in [2.75, 3.05) is 6.54 Å². The molecule has 0 bridgehead atoms. The van der Waals surface area contributed by atoms with E-state index in [1.54, 1.807) is 0 Å². The topological polar surface area (TPSA) is 32.3 Å². The SMILES string of the molecule is CCCNC(CC)[C@H](C)O. The summed E-state index contributed by atoms with van der Waals surface area (Å²) in [6.07, 6.45) is 1.90. The summed E-state index contributed by atoms with van der Waals surface area (Å²) in [5.74, 6) is 0. The molecule has 0 radical (unpaired) electrons. The summed E-state index contributed by atoms with van der Waals surface area (Å²) in [6.45, 7) is 7.04. The van der Waals surface area contributed by atoms with Crippen LogP contribution in [-0.4, -0.2) is 23.8 Å². The molecule has 0 aromatic heterocycles. The molecule has 0 aromatic carbocycles. The lowest BCUT2D eigenvalue weighted by molar-refractivity contribution is 0.143. The summed E-state index contributed by atoms with van der Waals surface area (Å²) in [4.78, 5) is 0. The van der Waals surface area contributed by atoms with Gasteiger partial charge in [0.05, 0.1) is 6.10 Å². The molecule has 0 saturated carbocycles. The molecule has 62 valence electrons. The number of nitrogens with one attached hydrogen (secondary N) is 1. The van der Waals surface area contributed by atoms with Gasteiger partial charge in [0.1, 0.15) is 0 Å². The van der Waals surface area contributed by atoms with Crippen molar-refractivity contribution in [3.8, 4) is 0 Å². The third-order valence-corrected chi connectivity index (χ3v) is 1.68. The third kappa shape index (κ3) is 3.85. The fourth-order valence-corrected chi connectivity index (χ4v) is 0.986. The van der Waals surface area contributed by atoms with Crippen molar-refractivity contribution < 1.29 is 5.11 Å². The Kier molecular flexibility index (Phi) is 5.64. The largest absolute Gasteiger partial charge is 0.392 e. The van der Waals surface area contributed by atoms with Gasteiger partial charge in [-0.3, -0.25) is 0 Å². The summed E-state index contributed by atoms with van der Waals surface area (Å²) < 4.78 is 0. The Morgan fingerprint density at radius 1 is 1.40 bits per heavy atom. The van der Waals surface area contributed by atoms with Gasteiger partial charge < -0.3 is 10.4 Å². The summed E-state index contributed by atoms with van der Waals surface area (Å²) >= 11 is 0. The second-order valence-corrected chi connectivity index (χ2v) is 2.71. The van der Waals surface area contributed by atoms with Crippen LogP contribution in [0.3, 0.4) is 0 Å². The molecule has 2 N–H and O–H groups in total. The zero-order chi connectivity index (χ0) is 7.98. The van der Waals surface area contributed by atoms with Gasteiger partial charge in [-0.25, -0.2) is 0 Å². The normalized spacial score (nSPS) is 16.8. The number of aliphatic hydroxyl groups is 1. The summed E-state index contributed by atoms with van der Waals surface area (Å²) in [5, 5.41) is 12.4. The van der Waals surface area contributed by atoms with Crippen LogP contribution < -0.4 is 5.32 Å². The second kappa shape index (κ2) is 5.69. The first-order chi connectivity index (χ1) is 4.72. The summed E-state index contributed by atoms with van der Waals surface area (Å²) in [6, 6.07) is 0.278. The Hall–Kier alpha value is -0.0800. The van der Waals surface area contributed by atoms with E-state index in [-0.39, 0.29) is 12.1 Å². The molecule has 0 heterocycles. The molecule has 2 heteroatoms. The Morgan fingerprint density at radius 3 is 2.30 bits per heavy atom. The van der Waals surface area contributed by atoms with Crippen LogP contribution in [0.2, 0.25) is 0 Å². The molecule has 0 fully saturated rings. The van der Waals surface area contributed by atoms with Crippen LogP contribution in [0, 0.1) is 0 Å². The quantitative estimate of drug-likeness (QED) is 0.608. The minimum absolute atomic E-state index is 0.225. The first-order valence-corrected chi connectivity index (χ1v) is 4.13. The minimum Gasteiger partial charge on any atom is -0.392 e. The molecule has 0 aromatic rings. The van der Waals surface area contributed by atoms with Gasteiger partial charge in [0.15, 0.2) is 0 Å². The average Bonchev–Trinajstić information content (AvgIpc) is 1.89. The zero-order valence-electron chi connectivity index (χ0n) is 7.22. The first kappa shape index (κ1) is 9.92. The molecule has 1 unspecified atom stereocenters. The van der Waals surface area contributed by atoms with Crippen LogP contribution in [0.5, 0.6) is 0 Å². The van der Waals surface area contributed by atoms with E-state index in [0.717, 1.165) is 19.4 Å². The van der Waals surface area contributed by atoms with E-state index in [9.17, 15) is 5.11 Å². The van der Waals surface area contributed by atoms with Crippen LogP contribution in [0.4, 0.5) is 0 Å². The highest BCUT2D eigenvalue weighted by Gasteiger charge is 2.09. The maximum Gasteiger partial charge on any atom is 0.0664 e. The zero-order valence-corrected chi connectivity index (χ0v) is 7.22. The van der Waals surface area contributed by atoms with Crippen molar-refractivity contribution in [3.05, 3.63) is 0 Å². The Balaban J connectivity index is 3.40. The lowest BCUT2D eigenvalue weighted by Crippen LogP contribution is -2.37. The van der Waals surface area contributed by atoms with E-state index in [0.29, 0.717) is 0 Å². The molecular weight excluding hydrogens is 126 g/mol. The minimum atomic E-state index is -0.225. The van der Waals surface area contributed by atoms with Gasteiger partial charge in [-0.15, -0.1) is 0 Å². The van der Waals surface area contributed by atoms with Crippen molar-refractivity contribution in [2.24, 2.45) is 0 Å². The van der Waals surface area contributed by atoms with Crippen LogP contribution in [0.15, 0.2) is 0 Å². The number of hydrogen-bond acceptors (Lipinski definition) is 2. The van der Waals surface area contributed by atoms with Crippen LogP contribution >= 0.6 is 0 Å². The molecule has 0 aliphatic rings. The fourth-order valence-electron chi connectivity index (χ4n) is 0.986. The highest BCUT2D eigenvalue weighted by molar-refractivity contribution is 4.69. The smallest absolute Gasteiger partial charge is 0.0664 e. The lowest BCUT2D eigenvalue weighted by Gasteiger charge is -2.18. The van der Waals surface area contributed by atoms with E-state index in [1.165, 1.54) is 0 Å². The van der Waals surface area contributed by atoms with Gasteiger partial charge in [-0.2, -0.15) is 0 Å². The highest BCUT2D eigenvalue weighted by atomic mass is 16.3. The standard InChI is InChI=1S/C8H19NO/c1-4-6-9-8(5-2)7(3)10/h7-10H,4-6H2,1-3H3/t7-,8?/m0/s1. The molecule has 0 rings (SSSR count). The van der Waals surface area contributed by atoms with Crippen LogP contribution in [-0.2, 0) is 0 Å².